The number of para-hydroxylation sites is 1. The SMILES string of the molecule is CCCCCN1C(=O)C(c2ccc(C)cc2)=C(N2CCc3ccccc32)C1=O. The fourth-order valence-corrected chi connectivity index (χ4v) is 4.09. The Morgan fingerprint density at radius 3 is 2.43 bits per heavy atom. The lowest BCUT2D eigenvalue weighted by atomic mass is 10.0. The van der Waals surface area contributed by atoms with Crippen molar-refractivity contribution in [3.63, 3.8) is 0 Å². The molecule has 0 atom stereocenters. The van der Waals surface area contributed by atoms with Gasteiger partial charge in [-0.1, -0.05) is 67.8 Å². The molecule has 0 aromatic heterocycles. The average molecular weight is 374 g/mol. The molecule has 0 aliphatic carbocycles. The molecule has 28 heavy (non-hydrogen) atoms. The molecule has 0 fully saturated rings. The van der Waals surface area contributed by atoms with Crippen molar-refractivity contribution in [3.8, 4) is 0 Å². The van der Waals surface area contributed by atoms with Crippen molar-refractivity contribution < 1.29 is 9.59 Å². The lowest BCUT2D eigenvalue weighted by Crippen LogP contribution is -2.35. The second kappa shape index (κ2) is 7.63. The van der Waals surface area contributed by atoms with Gasteiger partial charge in [0, 0.05) is 18.8 Å². The Balaban J connectivity index is 1.79. The molecule has 0 N–H and O–H groups in total. The first-order chi connectivity index (χ1) is 13.6. The van der Waals surface area contributed by atoms with Gasteiger partial charge in [0.1, 0.15) is 5.70 Å². The first-order valence-electron chi connectivity index (χ1n) is 10.1. The van der Waals surface area contributed by atoms with Crippen LogP contribution in [0.25, 0.3) is 5.57 Å². The summed E-state index contributed by atoms with van der Waals surface area (Å²) in [5.41, 5.74) is 5.30. The second-order valence-corrected chi connectivity index (χ2v) is 7.59. The van der Waals surface area contributed by atoms with Crippen LogP contribution < -0.4 is 4.90 Å². The van der Waals surface area contributed by atoms with E-state index < -0.39 is 0 Å². The lowest BCUT2D eigenvalue weighted by Gasteiger charge is -2.21. The van der Waals surface area contributed by atoms with Gasteiger partial charge in [0.2, 0.25) is 0 Å². The van der Waals surface area contributed by atoms with E-state index in [-0.39, 0.29) is 11.8 Å². The smallest absolute Gasteiger partial charge is 0.278 e. The van der Waals surface area contributed by atoms with Crippen LogP contribution in [0.5, 0.6) is 0 Å². The van der Waals surface area contributed by atoms with Crippen LogP contribution in [0.4, 0.5) is 5.69 Å². The number of benzene rings is 2. The Morgan fingerprint density at radius 1 is 0.929 bits per heavy atom. The van der Waals surface area contributed by atoms with Crippen LogP contribution in [-0.4, -0.2) is 29.8 Å². The summed E-state index contributed by atoms with van der Waals surface area (Å²) in [6, 6.07) is 16.0. The largest absolute Gasteiger partial charge is 0.336 e. The summed E-state index contributed by atoms with van der Waals surface area (Å²) in [4.78, 5) is 30.2. The highest BCUT2D eigenvalue weighted by molar-refractivity contribution is 6.36. The molecule has 4 heteroatoms. The van der Waals surface area contributed by atoms with Crippen molar-refractivity contribution >= 4 is 23.1 Å². The summed E-state index contributed by atoms with van der Waals surface area (Å²) in [7, 11) is 0. The van der Waals surface area contributed by atoms with Crippen LogP contribution in [0.2, 0.25) is 0 Å². The van der Waals surface area contributed by atoms with Gasteiger partial charge in [-0.2, -0.15) is 0 Å². The summed E-state index contributed by atoms with van der Waals surface area (Å²) in [6.45, 7) is 5.36. The van der Waals surface area contributed by atoms with Crippen LogP contribution >= 0.6 is 0 Å². The van der Waals surface area contributed by atoms with Gasteiger partial charge in [0.25, 0.3) is 11.8 Å². The molecular weight excluding hydrogens is 348 g/mol. The van der Waals surface area contributed by atoms with Crippen LogP contribution in [0.3, 0.4) is 0 Å². The van der Waals surface area contributed by atoms with Gasteiger partial charge in [0.05, 0.1) is 5.57 Å². The van der Waals surface area contributed by atoms with Gasteiger partial charge in [-0.25, -0.2) is 0 Å². The first-order valence-corrected chi connectivity index (χ1v) is 10.1. The van der Waals surface area contributed by atoms with E-state index in [1.54, 1.807) is 0 Å². The number of rotatable bonds is 6. The van der Waals surface area contributed by atoms with Gasteiger partial charge < -0.3 is 4.90 Å². The monoisotopic (exact) mass is 374 g/mol. The molecule has 0 spiro atoms. The maximum Gasteiger partial charge on any atom is 0.278 e. The number of imide groups is 1. The summed E-state index contributed by atoms with van der Waals surface area (Å²) in [6.07, 6.45) is 3.80. The molecule has 4 rings (SSSR count). The highest BCUT2D eigenvalue weighted by Gasteiger charge is 2.42. The predicted octanol–water partition coefficient (Wildman–Crippen LogP) is 4.33. The van der Waals surface area contributed by atoms with E-state index in [0.29, 0.717) is 17.8 Å². The number of hydrogen-bond donors (Lipinski definition) is 0. The van der Waals surface area contributed by atoms with E-state index in [0.717, 1.165) is 49.0 Å². The molecule has 2 aliphatic rings. The molecular formula is C24H26N2O2. The molecule has 0 saturated carbocycles. The minimum absolute atomic E-state index is 0.159. The third kappa shape index (κ3) is 3.13. The highest BCUT2D eigenvalue weighted by Crippen LogP contribution is 2.38. The molecule has 2 aromatic rings. The predicted molar refractivity (Wildman–Crippen MR) is 112 cm³/mol. The molecule has 0 saturated heterocycles. The van der Waals surface area contributed by atoms with Crippen LogP contribution in [-0.2, 0) is 16.0 Å². The Bertz CT molecular complexity index is 943. The summed E-state index contributed by atoms with van der Waals surface area (Å²) < 4.78 is 0. The van der Waals surface area contributed by atoms with E-state index in [1.807, 2.05) is 54.3 Å². The Labute approximate surface area is 166 Å². The number of anilines is 1. The van der Waals surface area contributed by atoms with E-state index in [4.69, 9.17) is 0 Å². The van der Waals surface area contributed by atoms with Crippen LogP contribution in [0, 0.1) is 6.92 Å². The molecule has 144 valence electrons. The standard InChI is InChI=1S/C24H26N2O2/c1-3-4-7-15-26-23(27)21(19-12-10-17(2)11-13-19)22(24(26)28)25-16-14-18-8-5-6-9-20(18)25/h5-6,8-13H,3-4,7,14-16H2,1-2H3. The fourth-order valence-electron chi connectivity index (χ4n) is 4.09. The van der Waals surface area contributed by atoms with Gasteiger partial charge >= 0.3 is 0 Å². The third-order valence-corrected chi connectivity index (χ3v) is 5.63. The number of unbranched alkanes of at least 4 members (excludes halogenated alkanes) is 2. The summed E-state index contributed by atoms with van der Waals surface area (Å²) in [5, 5.41) is 0. The van der Waals surface area contributed by atoms with E-state index >= 15 is 0 Å². The zero-order valence-corrected chi connectivity index (χ0v) is 16.6. The van der Waals surface area contributed by atoms with E-state index in [1.165, 1.54) is 10.5 Å². The van der Waals surface area contributed by atoms with Crippen molar-refractivity contribution in [3.05, 3.63) is 70.9 Å². The quantitative estimate of drug-likeness (QED) is 0.558. The highest BCUT2D eigenvalue weighted by atomic mass is 16.2. The molecule has 0 radical (unpaired) electrons. The molecule has 0 bridgehead atoms. The maximum atomic E-state index is 13.4. The average Bonchev–Trinajstić information content (AvgIpc) is 3.22. The molecule has 4 nitrogen and oxygen atoms in total. The van der Waals surface area contributed by atoms with Crippen molar-refractivity contribution in [2.45, 2.75) is 39.5 Å². The number of aryl methyl sites for hydroxylation is 1. The summed E-state index contributed by atoms with van der Waals surface area (Å²) >= 11 is 0. The number of carbonyl (C=O) groups is 2. The Hall–Kier alpha value is -2.88. The molecule has 0 unspecified atom stereocenters. The number of hydrogen-bond acceptors (Lipinski definition) is 3. The van der Waals surface area contributed by atoms with Gasteiger partial charge in [-0.15, -0.1) is 0 Å². The van der Waals surface area contributed by atoms with Crippen molar-refractivity contribution in [2.75, 3.05) is 18.0 Å². The van der Waals surface area contributed by atoms with Crippen molar-refractivity contribution in [1.82, 2.24) is 4.90 Å². The molecule has 2 heterocycles. The van der Waals surface area contributed by atoms with Crippen LogP contribution in [0.15, 0.2) is 54.2 Å². The number of fused-ring (bicyclic) bond motifs is 1. The molecule has 2 amide bonds. The number of amides is 2. The van der Waals surface area contributed by atoms with Gasteiger partial charge in [0.15, 0.2) is 0 Å². The minimum Gasteiger partial charge on any atom is -0.336 e. The Kier molecular flexibility index (Phi) is 5.03. The maximum absolute atomic E-state index is 13.4. The van der Waals surface area contributed by atoms with Gasteiger partial charge in [-0.05, 0) is 37.0 Å². The van der Waals surface area contributed by atoms with E-state index in [9.17, 15) is 9.59 Å². The van der Waals surface area contributed by atoms with Crippen molar-refractivity contribution in [1.29, 1.82) is 0 Å². The third-order valence-electron chi connectivity index (χ3n) is 5.63. The zero-order valence-electron chi connectivity index (χ0n) is 16.6. The topological polar surface area (TPSA) is 40.6 Å². The first kappa shape index (κ1) is 18.5. The van der Waals surface area contributed by atoms with Crippen LogP contribution in [0.1, 0.15) is 42.9 Å². The summed E-state index contributed by atoms with van der Waals surface area (Å²) in [5.74, 6) is -0.322. The Morgan fingerprint density at radius 2 is 1.68 bits per heavy atom. The lowest BCUT2D eigenvalue weighted by molar-refractivity contribution is -0.136. The fraction of sp³-hybridized carbons (Fsp3) is 0.333. The molecule has 2 aromatic carbocycles. The normalized spacial score (nSPS) is 16.4. The number of nitrogens with zero attached hydrogens (tertiary/aromatic N) is 2. The van der Waals surface area contributed by atoms with Crippen molar-refractivity contribution in [2.24, 2.45) is 0 Å². The zero-order chi connectivity index (χ0) is 19.7. The number of carbonyl (C=O) groups excluding carboxylic acids is 2. The van der Waals surface area contributed by atoms with E-state index in [2.05, 4.69) is 13.0 Å². The molecule has 2 aliphatic heterocycles. The second-order valence-electron chi connectivity index (χ2n) is 7.59. The minimum atomic E-state index is -0.163. The van der Waals surface area contributed by atoms with Gasteiger partial charge in [-0.3, -0.25) is 14.5 Å².